The minimum atomic E-state index is -0.473. The molecule has 0 fully saturated rings. The lowest BCUT2D eigenvalue weighted by molar-refractivity contribution is 0.0429. The van der Waals surface area contributed by atoms with Gasteiger partial charge >= 0.3 is 5.97 Å². The molecule has 2 aromatic carbocycles. The van der Waals surface area contributed by atoms with Crippen LogP contribution in [0.5, 0.6) is 0 Å². The Balaban J connectivity index is 1.67. The Morgan fingerprint density at radius 2 is 2.04 bits per heavy atom. The van der Waals surface area contributed by atoms with Crippen molar-refractivity contribution in [2.24, 2.45) is 0 Å². The number of rotatable bonds is 4. The van der Waals surface area contributed by atoms with Gasteiger partial charge in [0.1, 0.15) is 5.82 Å². The highest BCUT2D eigenvalue weighted by Gasteiger charge is 2.13. The minimum Gasteiger partial charge on any atom is -0.452 e. The van der Waals surface area contributed by atoms with Gasteiger partial charge < -0.3 is 9.26 Å². The second-order valence-electron chi connectivity index (χ2n) is 4.97. The van der Waals surface area contributed by atoms with E-state index in [2.05, 4.69) is 10.1 Å². The number of carbonyl (C=O) groups is 1. The third kappa shape index (κ3) is 3.60. The van der Waals surface area contributed by atoms with Crippen LogP contribution in [0.15, 0.2) is 53.1 Å². The molecule has 0 atom stereocenters. The van der Waals surface area contributed by atoms with E-state index < -0.39 is 5.97 Å². The molecule has 0 radical (unpaired) electrons. The van der Waals surface area contributed by atoms with Crippen LogP contribution in [0.2, 0.25) is 0 Å². The summed E-state index contributed by atoms with van der Waals surface area (Å²) in [5.74, 6) is -0.477. The molecule has 0 unspecified atom stereocenters. The molecular weight excluding hydrogens is 299 g/mol. The quantitative estimate of drug-likeness (QED) is 0.689. The molecule has 0 saturated heterocycles. The van der Waals surface area contributed by atoms with E-state index in [0.29, 0.717) is 11.1 Å². The van der Waals surface area contributed by atoms with Crippen molar-refractivity contribution >= 4 is 5.97 Å². The molecule has 0 aliphatic rings. The highest BCUT2D eigenvalue weighted by atomic mass is 19.1. The maximum atomic E-state index is 13.2. The smallest absolute Gasteiger partial charge is 0.338 e. The van der Waals surface area contributed by atoms with E-state index in [1.165, 1.54) is 12.1 Å². The number of aromatic nitrogens is 2. The standard InChI is InChI=1S/C17H13FN2O3/c1-11-4-2-6-13(8-11)17(21)22-10-15-19-16(20-23-15)12-5-3-7-14(18)9-12/h2-9H,10H2,1H3. The van der Waals surface area contributed by atoms with Gasteiger partial charge in [-0.3, -0.25) is 0 Å². The van der Waals surface area contributed by atoms with E-state index in [4.69, 9.17) is 9.26 Å². The number of nitrogens with zero attached hydrogens (tertiary/aromatic N) is 2. The lowest BCUT2D eigenvalue weighted by atomic mass is 10.1. The molecule has 3 rings (SSSR count). The van der Waals surface area contributed by atoms with Crippen LogP contribution in [0.4, 0.5) is 4.39 Å². The van der Waals surface area contributed by atoms with Crippen LogP contribution >= 0.6 is 0 Å². The molecule has 0 spiro atoms. The Hall–Kier alpha value is -3.02. The van der Waals surface area contributed by atoms with E-state index in [1.54, 1.807) is 30.3 Å². The topological polar surface area (TPSA) is 65.2 Å². The van der Waals surface area contributed by atoms with Crippen LogP contribution in [0.25, 0.3) is 11.4 Å². The maximum Gasteiger partial charge on any atom is 0.338 e. The average Bonchev–Trinajstić information content (AvgIpc) is 3.01. The number of hydrogen-bond acceptors (Lipinski definition) is 5. The molecule has 0 saturated carbocycles. The monoisotopic (exact) mass is 312 g/mol. The summed E-state index contributed by atoms with van der Waals surface area (Å²) >= 11 is 0. The molecule has 116 valence electrons. The van der Waals surface area contributed by atoms with E-state index >= 15 is 0 Å². The molecular formula is C17H13FN2O3. The molecule has 0 bridgehead atoms. The van der Waals surface area contributed by atoms with Gasteiger partial charge in [0.05, 0.1) is 5.56 Å². The predicted octanol–water partition coefficient (Wildman–Crippen LogP) is 3.54. The summed E-state index contributed by atoms with van der Waals surface area (Å²) in [5, 5.41) is 3.75. The van der Waals surface area contributed by atoms with Crippen LogP contribution in [0, 0.1) is 12.7 Å². The lowest BCUT2D eigenvalue weighted by Gasteiger charge is -2.02. The molecule has 0 aliphatic heterocycles. The normalized spacial score (nSPS) is 10.5. The van der Waals surface area contributed by atoms with Crippen LogP contribution < -0.4 is 0 Å². The first kappa shape index (κ1) is 14.9. The summed E-state index contributed by atoms with van der Waals surface area (Å²) in [5.41, 5.74) is 1.91. The summed E-state index contributed by atoms with van der Waals surface area (Å²) in [4.78, 5) is 16.0. The van der Waals surface area contributed by atoms with Crippen molar-refractivity contribution in [3.63, 3.8) is 0 Å². The van der Waals surface area contributed by atoms with Crippen LogP contribution in [0.1, 0.15) is 21.8 Å². The number of aryl methyl sites for hydroxylation is 1. The second-order valence-corrected chi connectivity index (χ2v) is 4.97. The van der Waals surface area contributed by atoms with E-state index in [1.807, 2.05) is 13.0 Å². The van der Waals surface area contributed by atoms with Gasteiger partial charge in [0, 0.05) is 5.56 Å². The number of benzene rings is 2. The first-order valence-corrected chi connectivity index (χ1v) is 6.94. The Labute approximate surface area is 131 Å². The zero-order valence-corrected chi connectivity index (χ0v) is 12.3. The first-order valence-electron chi connectivity index (χ1n) is 6.94. The van der Waals surface area contributed by atoms with Gasteiger partial charge in [-0.2, -0.15) is 4.98 Å². The van der Waals surface area contributed by atoms with Gasteiger partial charge in [-0.05, 0) is 31.2 Å². The summed E-state index contributed by atoms with van der Waals surface area (Å²) in [6, 6.07) is 12.9. The third-order valence-corrected chi connectivity index (χ3v) is 3.13. The highest BCUT2D eigenvalue weighted by molar-refractivity contribution is 5.89. The second kappa shape index (κ2) is 6.39. The highest BCUT2D eigenvalue weighted by Crippen LogP contribution is 2.17. The van der Waals surface area contributed by atoms with Crippen LogP contribution in [-0.2, 0) is 11.3 Å². The Morgan fingerprint density at radius 1 is 1.22 bits per heavy atom. The van der Waals surface area contributed by atoms with Crippen molar-refractivity contribution in [3.05, 3.63) is 71.4 Å². The fraction of sp³-hybridized carbons (Fsp3) is 0.118. The number of carbonyl (C=O) groups excluding carboxylic acids is 1. The summed E-state index contributed by atoms with van der Waals surface area (Å²) in [6.45, 7) is 1.75. The zero-order valence-electron chi connectivity index (χ0n) is 12.3. The number of halogens is 1. The van der Waals surface area contributed by atoms with Crippen molar-refractivity contribution in [3.8, 4) is 11.4 Å². The fourth-order valence-corrected chi connectivity index (χ4v) is 2.04. The third-order valence-electron chi connectivity index (χ3n) is 3.13. The van der Waals surface area contributed by atoms with Crippen molar-refractivity contribution in [1.29, 1.82) is 0 Å². The van der Waals surface area contributed by atoms with E-state index in [0.717, 1.165) is 5.56 Å². The van der Waals surface area contributed by atoms with Crippen LogP contribution in [0.3, 0.4) is 0 Å². The Morgan fingerprint density at radius 3 is 2.83 bits per heavy atom. The van der Waals surface area contributed by atoms with Gasteiger partial charge in [0.15, 0.2) is 6.61 Å². The molecule has 0 aliphatic carbocycles. The van der Waals surface area contributed by atoms with Crippen molar-refractivity contribution < 1.29 is 18.4 Å². The molecule has 6 heteroatoms. The summed E-state index contributed by atoms with van der Waals surface area (Å²) < 4.78 is 23.3. The van der Waals surface area contributed by atoms with Crippen molar-refractivity contribution in [2.45, 2.75) is 13.5 Å². The Bertz CT molecular complexity index is 845. The number of ether oxygens (including phenoxy) is 1. The fourth-order valence-electron chi connectivity index (χ4n) is 2.04. The molecule has 0 N–H and O–H groups in total. The van der Waals surface area contributed by atoms with Crippen molar-refractivity contribution in [1.82, 2.24) is 10.1 Å². The Kier molecular flexibility index (Phi) is 4.14. The average molecular weight is 312 g/mol. The van der Waals surface area contributed by atoms with Gasteiger partial charge in [-0.25, -0.2) is 9.18 Å². The number of hydrogen-bond donors (Lipinski definition) is 0. The number of esters is 1. The minimum absolute atomic E-state index is 0.144. The van der Waals surface area contributed by atoms with Gasteiger partial charge in [-0.1, -0.05) is 35.0 Å². The van der Waals surface area contributed by atoms with E-state index in [9.17, 15) is 9.18 Å². The summed E-state index contributed by atoms with van der Waals surface area (Å²) in [6.07, 6.45) is 0. The van der Waals surface area contributed by atoms with Gasteiger partial charge in [-0.15, -0.1) is 0 Å². The van der Waals surface area contributed by atoms with Crippen molar-refractivity contribution in [2.75, 3.05) is 0 Å². The van der Waals surface area contributed by atoms with E-state index in [-0.39, 0.29) is 24.1 Å². The zero-order chi connectivity index (χ0) is 16.2. The molecule has 1 aromatic heterocycles. The SMILES string of the molecule is Cc1cccc(C(=O)OCc2nc(-c3cccc(F)c3)no2)c1. The lowest BCUT2D eigenvalue weighted by Crippen LogP contribution is -2.05. The van der Waals surface area contributed by atoms with Gasteiger partial charge in [0.2, 0.25) is 5.82 Å². The first-order chi connectivity index (χ1) is 11.1. The molecule has 1 heterocycles. The predicted molar refractivity (Wildman–Crippen MR) is 80.0 cm³/mol. The van der Waals surface area contributed by atoms with Crippen LogP contribution in [-0.4, -0.2) is 16.1 Å². The molecule has 0 amide bonds. The largest absolute Gasteiger partial charge is 0.452 e. The summed E-state index contributed by atoms with van der Waals surface area (Å²) in [7, 11) is 0. The molecule has 23 heavy (non-hydrogen) atoms. The molecule has 5 nitrogen and oxygen atoms in total. The van der Waals surface area contributed by atoms with Gasteiger partial charge in [0.25, 0.3) is 5.89 Å². The molecule has 3 aromatic rings. The maximum absolute atomic E-state index is 13.2.